The highest BCUT2D eigenvalue weighted by molar-refractivity contribution is 6.18. The smallest absolute Gasteiger partial charge is 0.140 e. The molecule has 0 aliphatic carbocycles. The minimum Gasteiger partial charge on any atom is -0.313 e. The lowest BCUT2D eigenvalue weighted by molar-refractivity contribution is 0.714. The summed E-state index contributed by atoms with van der Waals surface area (Å²) in [5.41, 5.74) is 10.2. The van der Waals surface area contributed by atoms with Crippen LogP contribution >= 0.6 is 0 Å². The number of rotatable bonds is 12. The summed E-state index contributed by atoms with van der Waals surface area (Å²) in [5.74, 6) is 1.12. The van der Waals surface area contributed by atoms with Crippen molar-refractivity contribution in [1.82, 2.24) is 9.13 Å². The molecule has 0 amide bonds. The Labute approximate surface area is 308 Å². The van der Waals surface area contributed by atoms with Crippen molar-refractivity contribution >= 4 is 60.8 Å². The number of aromatic nitrogens is 2. The molecule has 52 heavy (non-hydrogen) atoms. The SMILES string of the molecule is C=C(N=C(/C=C(\C)n1c2ccccc2c2ccccc21)n1c2ccccc2c2ccccc21)c1c(C/C=C\CCC)cccc1C(/C=C\C)CCC. The minimum atomic E-state index is 0.281. The first-order valence-corrected chi connectivity index (χ1v) is 18.9. The molecular formula is C49H49N3. The largest absolute Gasteiger partial charge is 0.313 e. The summed E-state index contributed by atoms with van der Waals surface area (Å²) in [4.78, 5) is 5.62. The fourth-order valence-corrected chi connectivity index (χ4v) is 7.91. The number of para-hydroxylation sites is 4. The maximum atomic E-state index is 5.62. The van der Waals surface area contributed by atoms with Crippen LogP contribution < -0.4 is 0 Å². The number of allylic oxidation sites excluding steroid dienone is 6. The second kappa shape index (κ2) is 15.7. The molecule has 0 saturated heterocycles. The van der Waals surface area contributed by atoms with Gasteiger partial charge in [0.05, 0.1) is 27.8 Å². The van der Waals surface area contributed by atoms with Crippen molar-refractivity contribution in [3.63, 3.8) is 0 Å². The van der Waals surface area contributed by atoms with E-state index in [1.807, 2.05) is 0 Å². The standard InChI is InChI=1S/C49H49N3/c1-6-9-10-11-23-38-24-20-29-39(37(21-7-2)22-8-3)49(38)36(5)50-48(52-46-32-18-14-27-42(46)43-28-15-19-33-47(43)52)34-35(4)51-44-30-16-12-25-40(44)41-26-13-17-31-45(41)51/h7,10-21,24-34,37H,5-6,8-9,22-23H2,1-4H3/b11-10-,21-7-,35-34+,50-48?. The third-order valence-corrected chi connectivity index (χ3v) is 10.2. The molecule has 2 aromatic heterocycles. The maximum Gasteiger partial charge on any atom is 0.140 e. The van der Waals surface area contributed by atoms with Gasteiger partial charge in [-0.1, -0.05) is 149 Å². The molecule has 0 aliphatic heterocycles. The van der Waals surface area contributed by atoms with Gasteiger partial charge in [0, 0.05) is 44.8 Å². The van der Waals surface area contributed by atoms with Crippen LogP contribution in [0.25, 0.3) is 55.0 Å². The molecule has 0 spiro atoms. The van der Waals surface area contributed by atoms with Crippen LogP contribution in [0.1, 0.15) is 76.0 Å². The van der Waals surface area contributed by atoms with Gasteiger partial charge in [-0.2, -0.15) is 0 Å². The predicted octanol–water partition coefficient (Wildman–Crippen LogP) is 13.7. The third-order valence-electron chi connectivity index (χ3n) is 10.2. The van der Waals surface area contributed by atoms with E-state index in [0.29, 0.717) is 0 Å². The third kappa shape index (κ3) is 6.60. The average Bonchev–Trinajstić information content (AvgIpc) is 3.69. The van der Waals surface area contributed by atoms with Gasteiger partial charge in [-0.3, -0.25) is 4.57 Å². The summed E-state index contributed by atoms with van der Waals surface area (Å²) in [6.07, 6.45) is 16.6. The lowest BCUT2D eigenvalue weighted by Crippen LogP contribution is -2.12. The number of benzene rings is 5. The number of aliphatic imine (C=N–C) groups is 1. The van der Waals surface area contributed by atoms with E-state index in [0.717, 1.165) is 65.9 Å². The summed E-state index contributed by atoms with van der Waals surface area (Å²) < 4.78 is 4.70. The Morgan fingerprint density at radius 2 is 1.21 bits per heavy atom. The zero-order chi connectivity index (χ0) is 36.0. The van der Waals surface area contributed by atoms with Crippen molar-refractivity contribution in [3.8, 4) is 0 Å². The fraction of sp³-hybridized carbons (Fsp3) is 0.204. The lowest BCUT2D eigenvalue weighted by Gasteiger charge is -2.21. The second-order valence-corrected chi connectivity index (χ2v) is 13.7. The van der Waals surface area contributed by atoms with Crippen molar-refractivity contribution in [1.29, 1.82) is 0 Å². The molecule has 0 radical (unpaired) electrons. The van der Waals surface area contributed by atoms with Gasteiger partial charge in [0.2, 0.25) is 0 Å². The predicted molar refractivity (Wildman–Crippen MR) is 227 cm³/mol. The Morgan fingerprint density at radius 1 is 0.673 bits per heavy atom. The molecule has 260 valence electrons. The van der Waals surface area contributed by atoms with Gasteiger partial charge in [-0.15, -0.1) is 0 Å². The van der Waals surface area contributed by atoms with Crippen LogP contribution in [-0.4, -0.2) is 15.0 Å². The van der Waals surface area contributed by atoms with E-state index in [2.05, 4.69) is 182 Å². The summed E-state index contributed by atoms with van der Waals surface area (Å²) in [5, 5.41) is 4.90. The van der Waals surface area contributed by atoms with Crippen molar-refractivity contribution in [3.05, 3.63) is 169 Å². The summed E-state index contributed by atoms with van der Waals surface area (Å²) in [6, 6.07) is 41.5. The molecule has 3 nitrogen and oxygen atoms in total. The van der Waals surface area contributed by atoms with Gasteiger partial charge in [0.25, 0.3) is 0 Å². The molecule has 5 aromatic carbocycles. The first-order chi connectivity index (χ1) is 25.5. The van der Waals surface area contributed by atoms with Crippen LogP contribution in [0.3, 0.4) is 0 Å². The molecule has 2 heterocycles. The van der Waals surface area contributed by atoms with Crippen LogP contribution in [0.5, 0.6) is 0 Å². The Kier molecular flexibility index (Phi) is 10.5. The van der Waals surface area contributed by atoms with E-state index in [-0.39, 0.29) is 5.92 Å². The van der Waals surface area contributed by atoms with E-state index in [1.165, 1.54) is 43.7 Å². The monoisotopic (exact) mass is 679 g/mol. The molecule has 1 atom stereocenters. The van der Waals surface area contributed by atoms with Crippen LogP contribution in [0.15, 0.2) is 157 Å². The van der Waals surface area contributed by atoms with Crippen LogP contribution in [-0.2, 0) is 6.42 Å². The topological polar surface area (TPSA) is 22.2 Å². The molecule has 3 heteroatoms. The zero-order valence-corrected chi connectivity index (χ0v) is 31.0. The average molecular weight is 680 g/mol. The summed E-state index contributed by atoms with van der Waals surface area (Å²) in [7, 11) is 0. The van der Waals surface area contributed by atoms with Crippen LogP contribution in [0.4, 0.5) is 0 Å². The highest BCUT2D eigenvalue weighted by atomic mass is 15.1. The van der Waals surface area contributed by atoms with Gasteiger partial charge >= 0.3 is 0 Å². The van der Waals surface area contributed by atoms with Crippen LogP contribution in [0, 0.1) is 0 Å². The van der Waals surface area contributed by atoms with Gasteiger partial charge < -0.3 is 4.57 Å². The quantitative estimate of drug-likeness (QED) is 0.0697. The summed E-state index contributed by atoms with van der Waals surface area (Å²) in [6.45, 7) is 13.6. The number of hydrogen-bond acceptors (Lipinski definition) is 1. The molecule has 0 fully saturated rings. The van der Waals surface area contributed by atoms with Crippen molar-refractivity contribution in [2.45, 2.75) is 65.7 Å². The van der Waals surface area contributed by atoms with E-state index in [9.17, 15) is 0 Å². The Hall–Kier alpha value is -5.67. The first-order valence-electron chi connectivity index (χ1n) is 18.9. The van der Waals surface area contributed by atoms with E-state index in [4.69, 9.17) is 11.6 Å². The van der Waals surface area contributed by atoms with E-state index < -0.39 is 0 Å². The number of fused-ring (bicyclic) bond motifs is 6. The maximum absolute atomic E-state index is 5.62. The second-order valence-electron chi connectivity index (χ2n) is 13.7. The Bertz CT molecular complexity index is 2400. The number of hydrogen-bond donors (Lipinski definition) is 0. The zero-order valence-electron chi connectivity index (χ0n) is 31.0. The molecule has 0 N–H and O–H groups in total. The molecule has 7 rings (SSSR count). The Morgan fingerprint density at radius 3 is 1.73 bits per heavy atom. The molecule has 7 aromatic rings. The lowest BCUT2D eigenvalue weighted by atomic mass is 9.86. The first kappa shape index (κ1) is 34.8. The molecule has 0 saturated carbocycles. The van der Waals surface area contributed by atoms with Gasteiger partial charge in [0.1, 0.15) is 5.84 Å². The van der Waals surface area contributed by atoms with E-state index in [1.54, 1.807) is 0 Å². The molecule has 1 unspecified atom stereocenters. The number of unbranched alkanes of at least 4 members (excludes halogenated alkanes) is 1. The van der Waals surface area contributed by atoms with Gasteiger partial charge in [-0.25, -0.2) is 4.99 Å². The normalized spacial score (nSPS) is 13.5. The highest BCUT2D eigenvalue weighted by Gasteiger charge is 2.20. The molecular weight excluding hydrogens is 631 g/mol. The van der Waals surface area contributed by atoms with Crippen LogP contribution in [0.2, 0.25) is 0 Å². The van der Waals surface area contributed by atoms with Crippen molar-refractivity contribution < 1.29 is 0 Å². The fourth-order valence-electron chi connectivity index (χ4n) is 7.91. The minimum absolute atomic E-state index is 0.281. The number of nitrogens with zero attached hydrogens (tertiary/aromatic N) is 3. The highest BCUT2D eigenvalue weighted by Crippen LogP contribution is 2.36. The van der Waals surface area contributed by atoms with E-state index >= 15 is 0 Å². The Balaban J connectivity index is 1.50. The molecule has 0 aliphatic rings. The van der Waals surface area contributed by atoms with Crippen molar-refractivity contribution in [2.75, 3.05) is 0 Å². The van der Waals surface area contributed by atoms with Crippen molar-refractivity contribution in [2.24, 2.45) is 4.99 Å². The summed E-state index contributed by atoms with van der Waals surface area (Å²) >= 11 is 0. The molecule has 0 bridgehead atoms. The van der Waals surface area contributed by atoms with Gasteiger partial charge in [0.15, 0.2) is 0 Å². The van der Waals surface area contributed by atoms with Gasteiger partial charge in [-0.05, 0) is 68.5 Å².